The molecular formula is C21H26O6. The van der Waals surface area contributed by atoms with Crippen molar-refractivity contribution in [2.24, 2.45) is 11.3 Å². The molecule has 0 amide bonds. The summed E-state index contributed by atoms with van der Waals surface area (Å²) >= 11 is 0. The van der Waals surface area contributed by atoms with Gasteiger partial charge < -0.3 is 14.2 Å². The van der Waals surface area contributed by atoms with E-state index in [1.54, 1.807) is 13.8 Å². The highest BCUT2D eigenvalue weighted by Gasteiger charge is 2.56. The third kappa shape index (κ3) is 4.76. The van der Waals surface area contributed by atoms with Crippen LogP contribution in [0.5, 0.6) is 0 Å². The van der Waals surface area contributed by atoms with Crippen molar-refractivity contribution >= 4 is 24.0 Å². The summed E-state index contributed by atoms with van der Waals surface area (Å²) < 4.78 is 15.2. The molecule has 0 heterocycles. The molecule has 0 aliphatic heterocycles. The number of methoxy groups -OCH3 is 1. The Bertz CT molecular complexity index is 689. The highest BCUT2D eigenvalue weighted by atomic mass is 16.6. The predicted molar refractivity (Wildman–Crippen MR) is 99.5 cm³/mol. The zero-order chi connectivity index (χ0) is 19.9. The van der Waals surface area contributed by atoms with E-state index in [-0.39, 0.29) is 44.4 Å². The summed E-state index contributed by atoms with van der Waals surface area (Å²) in [5.74, 6) is -1.89. The molecule has 1 aromatic carbocycles. The summed E-state index contributed by atoms with van der Waals surface area (Å²) in [6.07, 6.45) is 2.35. The summed E-state index contributed by atoms with van der Waals surface area (Å²) in [7, 11) is 1.32. The van der Waals surface area contributed by atoms with Crippen molar-refractivity contribution in [3.8, 4) is 0 Å². The monoisotopic (exact) mass is 374 g/mol. The van der Waals surface area contributed by atoms with Crippen molar-refractivity contribution < 1.29 is 28.6 Å². The molecule has 0 radical (unpaired) electrons. The summed E-state index contributed by atoms with van der Waals surface area (Å²) in [6.45, 7) is 3.72. The highest BCUT2D eigenvalue weighted by Crippen LogP contribution is 2.49. The Morgan fingerprint density at radius 2 is 1.67 bits per heavy atom. The van der Waals surface area contributed by atoms with E-state index in [9.17, 15) is 14.4 Å². The van der Waals surface area contributed by atoms with Crippen LogP contribution in [0, 0.1) is 11.3 Å². The molecule has 1 saturated carbocycles. The summed E-state index contributed by atoms with van der Waals surface area (Å²) in [5.41, 5.74) is 0.351. The first kappa shape index (κ1) is 20.7. The average Bonchev–Trinajstić information content (AvgIpc) is 3.02. The van der Waals surface area contributed by atoms with Crippen molar-refractivity contribution in [3.05, 3.63) is 41.5 Å². The minimum absolute atomic E-state index is 0.0930. The smallest absolute Gasteiger partial charge is 0.323 e. The number of carbonyl (C=O) groups is 3. The van der Waals surface area contributed by atoms with E-state index >= 15 is 0 Å². The molecule has 146 valence electrons. The van der Waals surface area contributed by atoms with Gasteiger partial charge in [0.05, 0.1) is 26.7 Å². The van der Waals surface area contributed by atoms with Gasteiger partial charge in [0.2, 0.25) is 0 Å². The van der Waals surface area contributed by atoms with Crippen LogP contribution in [0.4, 0.5) is 0 Å². The largest absolute Gasteiger partial charge is 0.469 e. The minimum Gasteiger partial charge on any atom is -0.469 e. The molecule has 1 aliphatic rings. The van der Waals surface area contributed by atoms with Crippen LogP contribution in [-0.4, -0.2) is 38.2 Å². The van der Waals surface area contributed by atoms with Gasteiger partial charge in [0.25, 0.3) is 0 Å². The highest BCUT2D eigenvalue weighted by molar-refractivity contribution is 6.01. The van der Waals surface area contributed by atoms with Gasteiger partial charge in [0.1, 0.15) is 0 Å². The molecule has 2 rings (SSSR count). The lowest BCUT2D eigenvalue weighted by Crippen LogP contribution is -2.40. The van der Waals surface area contributed by atoms with E-state index in [1.165, 1.54) is 7.11 Å². The standard InChI is InChI=1S/C21H26O6/c1-4-26-19(23)21(20(24)27-5-2)13-16(11-15-9-7-6-8-10-15)17(14-21)12-18(22)25-3/h6-11,17H,4-5,12-14H2,1-3H3/b16-11+. The van der Waals surface area contributed by atoms with Crippen LogP contribution < -0.4 is 0 Å². The normalized spacial score (nSPS) is 19.5. The first-order valence-corrected chi connectivity index (χ1v) is 9.13. The molecule has 1 aromatic rings. The number of esters is 3. The van der Waals surface area contributed by atoms with E-state index < -0.39 is 17.4 Å². The van der Waals surface area contributed by atoms with Gasteiger partial charge in [-0.25, -0.2) is 0 Å². The molecule has 1 atom stereocenters. The molecule has 0 spiro atoms. The summed E-state index contributed by atoms with van der Waals surface area (Å²) in [4.78, 5) is 37.3. The van der Waals surface area contributed by atoms with Gasteiger partial charge >= 0.3 is 17.9 Å². The fourth-order valence-electron chi connectivity index (χ4n) is 3.47. The van der Waals surface area contributed by atoms with Crippen LogP contribution in [0.25, 0.3) is 6.08 Å². The van der Waals surface area contributed by atoms with Gasteiger partial charge in [0.15, 0.2) is 5.41 Å². The van der Waals surface area contributed by atoms with Gasteiger partial charge in [-0.15, -0.1) is 0 Å². The summed E-state index contributed by atoms with van der Waals surface area (Å²) in [6, 6.07) is 9.57. The van der Waals surface area contributed by atoms with E-state index in [0.29, 0.717) is 0 Å². The number of allylic oxidation sites excluding steroid dienone is 1. The molecule has 1 fully saturated rings. The molecule has 1 unspecified atom stereocenters. The Kier molecular flexibility index (Phi) is 7.16. The second-order valence-electron chi connectivity index (χ2n) is 6.51. The fraction of sp³-hybridized carbons (Fsp3) is 0.476. The molecule has 0 bridgehead atoms. The van der Waals surface area contributed by atoms with Gasteiger partial charge in [-0.1, -0.05) is 42.0 Å². The van der Waals surface area contributed by atoms with Gasteiger partial charge in [-0.05, 0) is 38.2 Å². The number of hydrogen-bond donors (Lipinski definition) is 0. The van der Waals surface area contributed by atoms with Crippen LogP contribution in [0.15, 0.2) is 35.9 Å². The average molecular weight is 374 g/mol. The molecule has 1 aliphatic carbocycles. The van der Waals surface area contributed by atoms with Crippen molar-refractivity contribution in [1.82, 2.24) is 0 Å². The maximum absolute atomic E-state index is 12.7. The van der Waals surface area contributed by atoms with Gasteiger partial charge in [-0.2, -0.15) is 0 Å². The Labute approximate surface area is 159 Å². The Morgan fingerprint density at radius 1 is 1.07 bits per heavy atom. The first-order valence-electron chi connectivity index (χ1n) is 9.13. The van der Waals surface area contributed by atoms with Crippen LogP contribution in [0.2, 0.25) is 0 Å². The van der Waals surface area contributed by atoms with Gasteiger partial charge in [-0.3, -0.25) is 14.4 Å². The number of benzene rings is 1. The summed E-state index contributed by atoms with van der Waals surface area (Å²) in [5, 5.41) is 0. The zero-order valence-electron chi connectivity index (χ0n) is 16.0. The molecule has 0 saturated heterocycles. The molecule has 6 nitrogen and oxygen atoms in total. The lowest BCUT2D eigenvalue weighted by molar-refractivity contribution is -0.172. The van der Waals surface area contributed by atoms with Crippen molar-refractivity contribution in [2.45, 2.75) is 33.1 Å². The third-order valence-corrected chi connectivity index (χ3v) is 4.75. The second kappa shape index (κ2) is 9.35. The fourth-order valence-corrected chi connectivity index (χ4v) is 3.47. The van der Waals surface area contributed by atoms with Gasteiger partial charge in [0, 0.05) is 0 Å². The maximum Gasteiger partial charge on any atom is 0.323 e. The maximum atomic E-state index is 12.7. The second-order valence-corrected chi connectivity index (χ2v) is 6.51. The zero-order valence-corrected chi connectivity index (χ0v) is 16.0. The number of carbonyl (C=O) groups excluding carboxylic acids is 3. The van der Waals surface area contributed by atoms with E-state index in [1.807, 2.05) is 36.4 Å². The topological polar surface area (TPSA) is 78.9 Å². The molecule has 6 heteroatoms. The number of rotatable bonds is 7. The van der Waals surface area contributed by atoms with Crippen LogP contribution in [0.1, 0.15) is 38.7 Å². The van der Waals surface area contributed by atoms with E-state index in [0.717, 1.165) is 11.1 Å². The molecule has 0 aromatic heterocycles. The lowest BCUT2D eigenvalue weighted by atomic mass is 9.84. The first-order chi connectivity index (χ1) is 13.0. The molecule has 0 N–H and O–H groups in total. The Balaban J connectivity index is 2.44. The minimum atomic E-state index is -1.43. The third-order valence-electron chi connectivity index (χ3n) is 4.75. The lowest BCUT2D eigenvalue weighted by Gasteiger charge is -2.24. The van der Waals surface area contributed by atoms with E-state index in [4.69, 9.17) is 14.2 Å². The Hall–Kier alpha value is -2.63. The Morgan fingerprint density at radius 3 is 2.19 bits per heavy atom. The van der Waals surface area contributed by atoms with Crippen molar-refractivity contribution in [1.29, 1.82) is 0 Å². The SMILES string of the molecule is CCOC(=O)C1(C(=O)OCC)C/C(=C\c2ccccc2)C(CC(=O)OC)C1. The molecule has 27 heavy (non-hydrogen) atoms. The predicted octanol–water partition coefficient (Wildman–Crippen LogP) is 3.16. The van der Waals surface area contributed by atoms with Crippen molar-refractivity contribution in [3.63, 3.8) is 0 Å². The quantitative estimate of drug-likeness (QED) is 0.414. The van der Waals surface area contributed by atoms with Crippen LogP contribution in [-0.2, 0) is 28.6 Å². The van der Waals surface area contributed by atoms with Crippen LogP contribution >= 0.6 is 0 Å². The number of ether oxygens (including phenoxy) is 3. The van der Waals surface area contributed by atoms with E-state index in [2.05, 4.69) is 0 Å². The number of hydrogen-bond acceptors (Lipinski definition) is 6. The van der Waals surface area contributed by atoms with Crippen molar-refractivity contribution in [2.75, 3.05) is 20.3 Å². The van der Waals surface area contributed by atoms with Crippen LogP contribution in [0.3, 0.4) is 0 Å². The molecular weight excluding hydrogens is 348 g/mol.